The standard InChI is InChI=1S/C23H17N3O3S/c27-19-12-11-16(14-17(19)22-25-18-8-4-5-9-20(18)29-22)24-23(30)26-21(28)13-10-15-6-2-1-3-7-15/h1-14,27H,(H2,24,26,28,30)/b13-10+. The average molecular weight is 415 g/mol. The molecule has 0 radical (unpaired) electrons. The second kappa shape index (κ2) is 8.59. The molecule has 0 fully saturated rings. The van der Waals surface area contributed by atoms with E-state index in [0.29, 0.717) is 22.4 Å². The number of para-hydroxylation sites is 2. The summed E-state index contributed by atoms with van der Waals surface area (Å²) in [7, 11) is 0. The molecule has 3 N–H and O–H groups in total. The number of anilines is 1. The molecule has 0 aliphatic heterocycles. The minimum absolute atomic E-state index is 0.0212. The number of carbonyl (C=O) groups is 1. The number of carbonyl (C=O) groups excluding carboxylic acids is 1. The Labute approximate surface area is 177 Å². The minimum Gasteiger partial charge on any atom is -0.507 e. The fourth-order valence-electron chi connectivity index (χ4n) is 2.82. The highest BCUT2D eigenvalue weighted by molar-refractivity contribution is 7.80. The lowest BCUT2D eigenvalue weighted by Crippen LogP contribution is -2.32. The number of oxazole rings is 1. The van der Waals surface area contributed by atoms with E-state index in [-0.39, 0.29) is 22.7 Å². The largest absolute Gasteiger partial charge is 0.507 e. The van der Waals surface area contributed by atoms with E-state index < -0.39 is 0 Å². The highest BCUT2D eigenvalue weighted by atomic mass is 32.1. The Kier molecular flexibility index (Phi) is 5.54. The summed E-state index contributed by atoms with van der Waals surface area (Å²) in [6.45, 7) is 0. The number of nitrogens with zero attached hydrogens (tertiary/aromatic N) is 1. The van der Waals surface area contributed by atoms with Gasteiger partial charge in [-0.15, -0.1) is 0 Å². The van der Waals surface area contributed by atoms with E-state index in [9.17, 15) is 9.90 Å². The van der Waals surface area contributed by atoms with Gasteiger partial charge in [-0.05, 0) is 54.2 Å². The highest BCUT2D eigenvalue weighted by Gasteiger charge is 2.13. The summed E-state index contributed by atoms with van der Waals surface area (Å²) in [4.78, 5) is 16.5. The first-order valence-corrected chi connectivity index (χ1v) is 9.53. The lowest BCUT2D eigenvalue weighted by molar-refractivity contribution is -0.115. The zero-order valence-electron chi connectivity index (χ0n) is 15.7. The fourth-order valence-corrected chi connectivity index (χ4v) is 3.04. The molecular weight excluding hydrogens is 398 g/mol. The van der Waals surface area contributed by atoms with Crippen LogP contribution in [0.5, 0.6) is 5.75 Å². The summed E-state index contributed by atoms with van der Waals surface area (Å²) in [5, 5.41) is 15.9. The number of fused-ring (bicyclic) bond motifs is 1. The molecule has 0 bridgehead atoms. The highest BCUT2D eigenvalue weighted by Crippen LogP contribution is 2.33. The van der Waals surface area contributed by atoms with Gasteiger partial charge in [-0.3, -0.25) is 10.1 Å². The molecule has 6 nitrogen and oxygen atoms in total. The Balaban J connectivity index is 1.45. The second-order valence-electron chi connectivity index (χ2n) is 6.41. The first-order valence-electron chi connectivity index (χ1n) is 9.12. The summed E-state index contributed by atoms with van der Waals surface area (Å²) in [5.41, 5.74) is 3.21. The maximum absolute atomic E-state index is 12.1. The molecule has 4 rings (SSSR count). The van der Waals surface area contributed by atoms with E-state index in [1.807, 2.05) is 48.5 Å². The van der Waals surface area contributed by atoms with Crippen molar-refractivity contribution in [1.82, 2.24) is 10.3 Å². The molecule has 1 heterocycles. The minimum atomic E-state index is -0.352. The number of phenols is 1. The molecule has 4 aromatic rings. The average Bonchev–Trinajstić information content (AvgIpc) is 3.18. The van der Waals surface area contributed by atoms with Crippen LogP contribution >= 0.6 is 12.2 Å². The number of thiocarbonyl (C=S) groups is 1. The molecular formula is C23H17N3O3S. The van der Waals surface area contributed by atoms with Crippen molar-refractivity contribution in [3.05, 3.63) is 84.4 Å². The van der Waals surface area contributed by atoms with Crippen LogP contribution in [0.3, 0.4) is 0 Å². The normalized spacial score (nSPS) is 10.9. The Morgan fingerprint density at radius 2 is 1.80 bits per heavy atom. The molecule has 0 aliphatic carbocycles. The van der Waals surface area contributed by atoms with Crippen molar-refractivity contribution in [3.8, 4) is 17.2 Å². The quantitative estimate of drug-likeness (QED) is 0.254. The van der Waals surface area contributed by atoms with E-state index >= 15 is 0 Å². The number of amides is 1. The lowest BCUT2D eigenvalue weighted by atomic mass is 10.1. The van der Waals surface area contributed by atoms with Crippen molar-refractivity contribution in [2.75, 3.05) is 5.32 Å². The molecule has 0 spiro atoms. The lowest BCUT2D eigenvalue weighted by Gasteiger charge is -2.10. The third-order valence-electron chi connectivity index (χ3n) is 4.24. The van der Waals surface area contributed by atoms with Crippen molar-refractivity contribution in [2.24, 2.45) is 0 Å². The monoisotopic (exact) mass is 415 g/mol. The topological polar surface area (TPSA) is 87.4 Å². The van der Waals surface area contributed by atoms with Crippen molar-refractivity contribution in [2.45, 2.75) is 0 Å². The zero-order chi connectivity index (χ0) is 20.9. The predicted molar refractivity (Wildman–Crippen MR) is 121 cm³/mol. The summed E-state index contributed by atoms with van der Waals surface area (Å²) in [6, 6.07) is 21.6. The number of nitrogens with one attached hydrogen (secondary N) is 2. The Hall–Kier alpha value is -3.97. The molecule has 7 heteroatoms. The number of aromatic nitrogens is 1. The van der Waals surface area contributed by atoms with Gasteiger partial charge >= 0.3 is 0 Å². The fraction of sp³-hybridized carbons (Fsp3) is 0. The van der Waals surface area contributed by atoms with Crippen molar-refractivity contribution < 1.29 is 14.3 Å². The maximum atomic E-state index is 12.1. The van der Waals surface area contributed by atoms with Gasteiger partial charge in [0.05, 0.1) is 5.56 Å². The van der Waals surface area contributed by atoms with Crippen LogP contribution in [0.15, 0.2) is 83.3 Å². The van der Waals surface area contributed by atoms with E-state index in [1.54, 1.807) is 24.3 Å². The SMILES string of the molecule is O=C(/C=C/c1ccccc1)NC(=S)Nc1ccc(O)c(-c2nc3ccccc3o2)c1. The smallest absolute Gasteiger partial charge is 0.250 e. The molecule has 30 heavy (non-hydrogen) atoms. The van der Waals surface area contributed by atoms with Gasteiger partial charge in [-0.1, -0.05) is 42.5 Å². The van der Waals surface area contributed by atoms with E-state index in [4.69, 9.17) is 16.6 Å². The van der Waals surface area contributed by atoms with Crippen molar-refractivity contribution >= 4 is 46.1 Å². The summed E-state index contributed by atoms with van der Waals surface area (Å²) in [5.74, 6) is -0.0414. The molecule has 0 saturated carbocycles. The summed E-state index contributed by atoms with van der Waals surface area (Å²) in [6.07, 6.45) is 3.10. The van der Waals surface area contributed by atoms with Gasteiger partial charge < -0.3 is 14.8 Å². The molecule has 0 unspecified atom stereocenters. The van der Waals surface area contributed by atoms with Crippen molar-refractivity contribution in [1.29, 1.82) is 0 Å². The molecule has 0 saturated heterocycles. The molecule has 3 aromatic carbocycles. The number of phenolic OH excluding ortho intramolecular Hbond substituents is 1. The van der Waals surface area contributed by atoms with Gasteiger partial charge in [-0.25, -0.2) is 4.98 Å². The molecule has 1 amide bonds. The van der Waals surface area contributed by atoms with Crippen LogP contribution in [0.1, 0.15) is 5.56 Å². The molecule has 1 aromatic heterocycles. The van der Waals surface area contributed by atoms with Crippen LogP contribution in [0.2, 0.25) is 0 Å². The van der Waals surface area contributed by atoms with Crippen molar-refractivity contribution in [3.63, 3.8) is 0 Å². The number of benzene rings is 3. The van der Waals surface area contributed by atoms with E-state index in [1.165, 1.54) is 12.1 Å². The van der Waals surface area contributed by atoms with Crippen LogP contribution in [-0.2, 0) is 4.79 Å². The number of hydrogen-bond acceptors (Lipinski definition) is 5. The van der Waals surface area contributed by atoms with Gasteiger partial charge in [0.2, 0.25) is 11.8 Å². The third-order valence-corrected chi connectivity index (χ3v) is 4.45. The summed E-state index contributed by atoms with van der Waals surface area (Å²) < 4.78 is 5.72. The number of hydrogen-bond donors (Lipinski definition) is 3. The number of aromatic hydroxyl groups is 1. The van der Waals surface area contributed by atoms with Gasteiger partial charge in [0.1, 0.15) is 11.3 Å². The van der Waals surface area contributed by atoms with E-state index in [2.05, 4.69) is 15.6 Å². The predicted octanol–water partition coefficient (Wildman–Crippen LogP) is 4.73. The van der Waals surface area contributed by atoms with Crippen LogP contribution in [-0.4, -0.2) is 21.1 Å². The third kappa shape index (κ3) is 4.53. The van der Waals surface area contributed by atoms with Gasteiger partial charge in [0.15, 0.2) is 10.7 Å². The van der Waals surface area contributed by atoms with Crippen LogP contribution in [0, 0.1) is 0 Å². The Morgan fingerprint density at radius 1 is 1.03 bits per heavy atom. The van der Waals surface area contributed by atoms with Crippen LogP contribution in [0.4, 0.5) is 5.69 Å². The van der Waals surface area contributed by atoms with Gasteiger partial charge in [-0.2, -0.15) is 0 Å². The number of rotatable bonds is 4. The second-order valence-corrected chi connectivity index (χ2v) is 6.81. The van der Waals surface area contributed by atoms with Gasteiger partial charge in [0, 0.05) is 11.8 Å². The first-order chi connectivity index (χ1) is 14.6. The molecule has 0 atom stereocenters. The maximum Gasteiger partial charge on any atom is 0.250 e. The van der Waals surface area contributed by atoms with Gasteiger partial charge in [0.25, 0.3) is 0 Å². The van der Waals surface area contributed by atoms with E-state index in [0.717, 1.165) is 5.56 Å². The first kappa shape index (κ1) is 19.4. The van der Waals surface area contributed by atoms with Crippen LogP contribution < -0.4 is 10.6 Å². The summed E-state index contributed by atoms with van der Waals surface area (Å²) >= 11 is 5.21. The molecule has 0 aliphatic rings. The van der Waals surface area contributed by atoms with Crippen LogP contribution in [0.25, 0.3) is 28.6 Å². The molecule has 148 valence electrons. The zero-order valence-corrected chi connectivity index (χ0v) is 16.5. The Morgan fingerprint density at radius 3 is 2.60 bits per heavy atom. The Bertz CT molecular complexity index is 1220.